The average Bonchev–Trinajstić information content (AvgIpc) is 2.84. The first-order chi connectivity index (χ1) is 16.0. The van der Waals surface area contributed by atoms with Gasteiger partial charge in [-0.2, -0.15) is 5.26 Å². The Labute approximate surface area is 203 Å². The zero-order chi connectivity index (χ0) is 23.4. The molecule has 2 aromatic carbocycles. The van der Waals surface area contributed by atoms with Crippen molar-refractivity contribution in [3.05, 3.63) is 82.0 Å². The van der Waals surface area contributed by atoms with Crippen LogP contribution in [0.15, 0.2) is 59.6 Å². The number of rotatable bonds is 6. The zero-order valence-corrected chi connectivity index (χ0v) is 20.0. The molecule has 1 aliphatic rings. The van der Waals surface area contributed by atoms with E-state index in [1.165, 1.54) is 17.3 Å². The third kappa shape index (κ3) is 5.32. The number of methoxy groups -OCH3 is 1. The number of aromatic nitrogens is 1. The van der Waals surface area contributed by atoms with Crippen LogP contribution >= 0.6 is 23.4 Å². The zero-order valence-electron chi connectivity index (χ0n) is 18.5. The number of fused-ring (bicyclic) bond motifs is 1. The number of amides is 1. The molecule has 3 aromatic rings. The number of halogens is 1. The van der Waals surface area contributed by atoms with Gasteiger partial charge in [0, 0.05) is 11.4 Å². The number of carbonyl (C=O) groups is 1. The summed E-state index contributed by atoms with van der Waals surface area (Å²) < 4.78 is 5.15. The van der Waals surface area contributed by atoms with E-state index in [0.717, 1.165) is 30.5 Å². The lowest BCUT2D eigenvalue weighted by Crippen LogP contribution is -2.23. The number of thioether (sulfide) groups is 1. The van der Waals surface area contributed by atoms with Crippen molar-refractivity contribution in [2.45, 2.75) is 42.4 Å². The van der Waals surface area contributed by atoms with Crippen molar-refractivity contribution in [3.63, 3.8) is 0 Å². The summed E-state index contributed by atoms with van der Waals surface area (Å²) in [6, 6.07) is 19.8. The second-order valence-corrected chi connectivity index (χ2v) is 9.74. The topological polar surface area (TPSA) is 75.0 Å². The molecule has 1 aromatic heterocycles. The van der Waals surface area contributed by atoms with E-state index < -0.39 is 5.25 Å². The summed E-state index contributed by atoms with van der Waals surface area (Å²) >= 11 is 7.45. The SMILES string of the molecule is COc1ccc(NC(=O)C(C)Sc2nc3c(cc2C#N)CC(c2ccccc2)CC3)cc1Cl. The highest BCUT2D eigenvalue weighted by molar-refractivity contribution is 8.00. The largest absolute Gasteiger partial charge is 0.495 e. The Morgan fingerprint density at radius 1 is 1.27 bits per heavy atom. The predicted molar refractivity (Wildman–Crippen MR) is 132 cm³/mol. The molecule has 1 N–H and O–H groups in total. The molecule has 0 spiro atoms. The Hall–Kier alpha value is -3.01. The third-order valence-corrected chi connectivity index (χ3v) is 7.22. The van der Waals surface area contributed by atoms with E-state index in [-0.39, 0.29) is 5.91 Å². The molecule has 0 radical (unpaired) electrons. The van der Waals surface area contributed by atoms with Crippen LogP contribution in [0.4, 0.5) is 5.69 Å². The Morgan fingerprint density at radius 3 is 2.76 bits per heavy atom. The van der Waals surface area contributed by atoms with E-state index >= 15 is 0 Å². The maximum absolute atomic E-state index is 12.8. The number of anilines is 1. The monoisotopic (exact) mass is 477 g/mol. The van der Waals surface area contributed by atoms with Gasteiger partial charge >= 0.3 is 0 Å². The molecule has 0 bridgehead atoms. The highest BCUT2D eigenvalue weighted by Gasteiger charge is 2.25. The van der Waals surface area contributed by atoms with Crippen LogP contribution in [0.2, 0.25) is 5.02 Å². The first kappa shape index (κ1) is 23.2. The van der Waals surface area contributed by atoms with Gasteiger partial charge in [-0.25, -0.2) is 4.98 Å². The summed E-state index contributed by atoms with van der Waals surface area (Å²) in [6.07, 6.45) is 2.76. The van der Waals surface area contributed by atoms with Gasteiger partial charge in [0.2, 0.25) is 5.91 Å². The van der Waals surface area contributed by atoms with Gasteiger partial charge in [0.05, 0.1) is 22.9 Å². The molecule has 0 aliphatic heterocycles. The number of nitriles is 1. The van der Waals surface area contributed by atoms with Gasteiger partial charge in [-0.1, -0.05) is 53.7 Å². The number of carbonyl (C=O) groups excluding carboxylic acids is 1. The van der Waals surface area contributed by atoms with E-state index in [0.29, 0.717) is 33.0 Å². The number of ether oxygens (including phenoxy) is 1. The molecule has 0 saturated heterocycles. The van der Waals surface area contributed by atoms with Crippen molar-refractivity contribution in [2.75, 3.05) is 12.4 Å². The molecule has 168 valence electrons. The van der Waals surface area contributed by atoms with E-state index in [1.54, 1.807) is 32.2 Å². The Kier molecular flexibility index (Phi) is 7.22. The quantitative estimate of drug-likeness (QED) is 0.440. The molecular weight excluding hydrogens is 454 g/mol. The Morgan fingerprint density at radius 2 is 2.06 bits per heavy atom. The number of aryl methyl sites for hydroxylation is 1. The average molecular weight is 478 g/mol. The number of nitrogens with zero attached hydrogens (tertiary/aromatic N) is 2. The maximum atomic E-state index is 12.8. The second-order valence-electron chi connectivity index (χ2n) is 8.01. The minimum Gasteiger partial charge on any atom is -0.495 e. The van der Waals surface area contributed by atoms with Crippen LogP contribution in [0.3, 0.4) is 0 Å². The highest BCUT2D eigenvalue weighted by Crippen LogP contribution is 2.35. The first-order valence-corrected chi connectivity index (χ1v) is 12.0. The van der Waals surface area contributed by atoms with Crippen LogP contribution in [-0.4, -0.2) is 23.3 Å². The summed E-state index contributed by atoms with van der Waals surface area (Å²) in [6.45, 7) is 1.80. The van der Waals surface area contributed by atoms with Crippen LogP contribution in [0.25, 0.3) is 0 Å². The fraction of sp³-hybridized carbons (Fsp3) is 0.269. The molecule has 1 aliphatic carbocycles. The van der Waals surface area contributed by atoms with Gasteiger partial charge in [-0.15, -0.1) is 0 Å². The number of hydrogen-bond acceptors (Lipinski definition) is 5. The molecule has 1 heterocycles. The number of nitrogens with one attached hydrogen (secondary N) is 1. The fourth-order valence-corrected chi connectivity index (χ4v) is 5.19. The van der Waals surface area contributed by atoms with Crippen LogP contribution in [0.5, 0.6) is 5.75 Å². The molecule has 5 nitrogen and oxygen atoms in total. The maximum Gasteiger partial charge on any atom is 0.237 e. The second kappa shape index (κ2) is 10.3. The van der Waals surface area contributed by atoms with Gasteiger partial charge in [0.15, 0.2) is 0 Å². The molecule has 2 unspecified atom stereocenters. The lowest BCUT2D eigenvalue weighted by Gasteiger charge is -2.25. The predicted octanol–water partition coefficient (Wildman–Crippen LogP) is 6.01. The van der Waals surface area contributed by atoms with Crippen LogP contribution in [0, 0.1) is 11.3 Å². The number of benzene rings is 2. The lowest BCUT2D eigenvalue weighted by atomic mass is 9.82. The summed E-state index contributed by atoms with van der Waals surface area (Å²) in [4.78, 5) is 17.6. The summed E-state index contributed by atoms with van der Waals surface area (Å²) in [5.41, 5.74) is 4.58. The smallest absolute Gasteiger partial charge is 0.237 e. The lowest BCUT2D eigenvalue weighted by molar-refractivity contribution is -0.115. The summed E-state index contributed by atoms with van der Waals surface area (Å²) in [5.74, 6) is 0.795. The van der Waals surface area contributed by atoms with Crippen LogP contribution < -0.4 is 10.1 Å². The van der Waals surface area contributed by atoms with E-state index in [4.69, 9.17) is 21.3 Å². The first-order valence-electron chi connectivity index (χ1n) is 10.8. The molecule has 33 heavy (non-hydrogen) atoms. The summed E-state index contributed by atoms with van der Waals surface area (Å²) in [7, 11) is 1.54. The van der Waals surface area contributed by atoms with Crippen molar-refractivity contribution < 1.29 is 9.53 Å². The van der Waals surface area contributed by atoms with Crippen molar-refractivity contribution in [2.24, 2.45) is 0 Å². The molecule has 4 rings (SSSR count). The highest BCUT2D eigenvalue weighted by atomic mass is 35.5. The molecule has 2 atom stereocenters. The normalized spacial score (nSPS) is 15.8. The molecular formula is C26H24ClN3O2S. The van der Waals surface area contributed by atoms with E-state index in [1.807, 2.05) is 12.1 Å². The van der Waals surface area contributed by atoms with Crippen molar-refractivity contribution in [1.29, 1.82) is 5.26 Å². The molecule has 0 saturated carbocycles. The third-order valence-electron chi connectivity index (χ3n) is 5.82. The van der Waals surface area contributed by atoms with E-state index in [9.17, 15) is 10.1 Å². The van der Waals surface area contributed by atoms with Crippen molar-refractivity contribution in [3.8, 4) is 11.8 Å². The molecule has 7 heteroatoms. The van der Waals surface area contributed by atoms with Gasteiger partial charge in [0.25, 0.3) is 0 Å². The number of pyridine rings is 1. The molecule has 0 fully saturated rings. The van der Waals surface area contributed by atoms with Crippen molar-refractivity contribution >= 4 is 35.0 Å². The summed E-state index contributed by atoms with van der Waals surface area (Å²) in [5, 5.41) is 13.2. The van der Waals surface area contributed by atoms with Gasteiger partial charge in [-0.05, 0) is 67.5 Å². The standard InChI is InChI=1S/C26H24ClN3O2S/c1-16(25(31)29-21-9-11-24(32-2)22(27)14-21)33-26-20(15-28)13-19-12-18(8-10-23(19)30-26)17-6-4-3-5-7-17/h3-7,9,11,13-14,16,18H,8,10,12H2,1-2H3,(H,29,31). The van der Waals surface area contributed by atoms with Crippen LogP contribution in [-0.2, 0) is 17.6 Å². The molecule has 1 amide bonds. The minimum atomic E-state index is -0.441. The Bertz CT molecular complexity index is 1210. The minimum absolute atomic E-state index is 0.186. The number of hydrogen-bond donors (Lipinski definition) is 1. The van der Waals surface area contributed by atoms with Crippen molar-refractivity contribution in [1.82, 2.24) is 4.98 Å². The van der Waals surface area contributed by atoms with E-state index in [2.05, 4.69) is 35.7 Å². The fourth-order valence-electron chi connectivity index (χ4n) is 4.03. The Balaban J connectivity index is 1.47. The van der Waals surface area contributed by atoms with Crippen LogP contribution in [0.1, 0.15) is 41.6 Å². The van der Waals surface area contributed by atoms with Gasteiger partial charge in [0.1, 0.15) is 16.8 Å². The van der Waals surface area contributed by atoms with Gasteiger partial charge in [-0.3, -0.25) is 4.79 Å². The van der Waals surface area contributed by atoms with Gasteiger partial charge < -0.3 is 10.1 Å².